The van der Waals surface area contributed by atoms with E-state index >= 15 is 0 Å². The van der Waals surface area contributed by atoms with Gasteiger partial charge < -0.3 is 15.1 Å². The van der Waals surface area contributed by atoms with Crippen LogP contribution in [-0.2, 0) is 10.0 Å². The third-order valence-corrected chi connectivity index (χ3v) is 9.04. The number of rotatable bonds is 5. The number of aromatic amines is 1. The summed E-state index contributed by atoms with van der Waals surface area (Å²) < 4.78 is 33.1. The van der Waals surface area contributed by atoms with E-state index in [9.17, 15) is 18.0 Å². The molecule has 5 rings (SSSR count). The van der Waals surface area contributed by atoms with Crippen molar-refractivity contribution in [1.29, 1.82) is 0 Å². The van der Waals surface area contributed by atoms with Crippen LogP contribution in [0, 0.1) is 5.92 Å². The molecule has 0 radical (unpaired) electrons. The van der Waals surface area contributed by atoms with E-state index in [0.29, 0.717) is 29.5 Å². The second-order valence-electron chi connectivity index (χ2n) is 9.05. The van der Waals surface area contributed by atoms with Crippen LogP contribution in [0.25, 0.3) is 11.1 Å². The summed E-state index contributed by atoms with van der Waals surface area (Å²) in [4.78, 5) is 26.6. The van der Waals surface area contributed by atoms with E-state index in [1.54, 1.807) is 22.5 Å². The van der Waals surface area contributed by atoms with Gasteiger partial charge in [-0.05, 0) is 75.7 Å². The van der Waals surface area contributed by atoms with Crippen molar-refractivity contribution in [3.63, 3.8) is 0 Å². The van der Waals surface area contributed by atoms with Crippen LogP contribution in [0.15, 0.2) is 27.4 Å². The number of H-pyrrole nitrogens is 1. The summed E-state index contributed by atoms with van der Waals surface area (Å²) in [6, 6.07) is 4.70. The molecule has 0 aliphatic carbocycles. The van der Waals surface area contributed by atoms with Gasteiger partial charge in [0, 0.05) is 23.7 Å². The van der Waals surface area contributed by atoms with Crippen LogP contribution in [0.2, 0.25) is 0 Å². The van der Waals surface area contributed by atoms with Gasteiger partial charge in [-0.15, -0.1) is 0 Å². The zero-order valence-corrected chi connectivity index (χ0v) is 18.1. The van der Waals surface area contributed by atoms with Crippen LogP contribution in [0.1, 0.15) is 48.9 Å². The fourth-order valence-electron chi connectivity index (χ4n) is 5.49. The second kappa shape index (κ2) is 8.07. The molecule has 1 aromatic carbocycles. The first kappa shape index (κ1) is 20.7. The van der Waals surface area contributed by atoms with E-state index < -0.39 is 15.8 Å². The first-order valence-corrected chi connectivity index (χ1v) is 12.7. The fraction of sp³-hybridized carbons (Fsp3) is 0.619. The van der Waals surface area contributed by atoms with Gasteiger partial charge in [-0.1, -0.05) is 0 Å². The molecule has 168 valence electrons. The van der Waals surface area contributed by atoms with Crippen molar-refractivity contribution in [2.45, 2.75) is 56.7 Å². The number of nitrogens with zero attached hydrogens (tertiary/aromatic N) is 1. The number of carbonyl (C=O) groups is 1. The summed E-state index contributed by atoms with van der Waals surface area (Å²) in [7, 11) is -3.30. The number of oxazole rings is 1. The maximum atomic E-state index is 13.2. The Kier molecular flexibility index (Phi) is 5.39. The zero-order chi connectivity index (χ0) is 21.6. The van der Waals surface area contributed by atoms with Gasteiger partial charge in [0.2, 0.25) is 10.0 Å². The number of sulfonamides is 1. The topological polar surface area (TPSA) is 125 Å². The smallest absolute Gasteiger partial charge is 0.408 e. The Hall–Kier alpha value is -2.17. The number of benzene rings is 1. The first-order chi connectivity index (χ1) is 14.9. The van der Waals surface area contributed by atoms with Gasteiger partial charge >= 0.3 is 5.76 Å². The lowest BCUT2D eigenvalue weighted by atomic mass is 9.99. The van der Waals surface area contributed by atoms with E-state index in [-0.39, 0.29) is 35.7 Å². The van der Waals surface area contributed by atoms with Crippen molar-refractivity contribution >= 4 is 27.0 Å². The molecule has 2 bridgehead atoms. The van der Waals surface area contributed by atoms with Crippen molar-refractivity contribution in [3.8, 4) is 0 Å². The van der Waals surface area contributed by atoms with Gasteiger partial charge in [0.05, 0.1) is 11.3 Å². The van der Waals surface area contributed by atoms with E-state index in [1.165, 1.54) is 0 Å². The normalized spacial score (nSPS) is 27.5. The van der Waals surface area contributed by atoms with Crippen LogP contribution >= 0.6 is 0 Å². The summed E-state index contributed by atoms with van der Waals surface area (Å²) >= 11 is 0. The lowest BCUT2D eigenvalue weighted by Crippen LogP contribution is -2.53. The number of hydrogen-bond donors (Lipinski definition) is 3. The molecule has 9 nitrogen and oxygen atoms in total. The van der Waals surface area contributed by atoms with E-state index in [2.05, 4.69) is 15.6 Å². The number of nitrogens with one attached hydrogen (secondary N) is 3. The summed E-state index contributed by atoms with van der Waals surface area (Å²) in [6.45, 7) is 1.78. The third kappa shape index (κ3) is 4.16. The van der Waals surface area contributed by atoms with E-state index in [1.807, 2.05) is 0 Å². The van der Waals surface area contributed by atoms with E-state index in [0.717, 1.165) is 38.8 Å². The van der Waals surface area contributed by atoms with Crippen LogP contribution in [0.4, 0.5) is 0 Å². The molecule has 10 heteroatoms. The Morgan fingerprint density at radius 3 is 2.55 bits per heavy atom. The SMILES string of the molecule is O=C(NC1CC2CC[C@H](C1)N2S(=O)(=O)CC1CCNCC1)c1ccc2[nH]c(=O)oc2c1. The number of hydrogen-bond acceptors (Lipinski definition) is 6. The van der Waals surface area contributed by atoms with Gasteiger partial charge in [0.25, 0.3) is 5.91 Å². The summed E-state index contributed by atoms with van der Waals surface area (Å²) in [5.74, 6) is -0.324. The minimum Gasteiger partial charge on any atom is -0.408 e. The molecule has 3 aliphatic heterocycles. The molecule has 1 amide bonds. The maximum Gasteiger partial charge on any atom is 0.417 e. The average molecular weight is 449 g/mol. The van der Waals surface area contributed by atoms with Gasteiger partial charge in [-0.25, -0.2) is 13.2 Å². The molecule has 3 atom stereocenters. The molecule has 1 aromatic heterocycles. The molecule has 0 saturated carbocycles. The van der Waals surface area contributed by atoms with Gasteiger partial charge in [-0.3, -0.25) is 9.78 Å². The van der Waals surface area contributed by atoms with E-state index in [4.69, 9.17) is 4.42 Å². The molecule has 3 N–H and O–H groups in total. The first-order valence-electron chi connectivity index (χ1n) is 11.0. The number of carbonyl (C=O) groups excluding carboxylic acids is 1. The van der Waals surface area contributed by atoms with Crippen molar-refractivity contribution in [1.82, 2.24) is 19.9 Å². The predicted molar refractivity (Wildman–Crippen MR) is 115 cm³/mol. The van der Waals surface area contributed by atoms with Gasteiger partial charge in [0.15, 0.2) is 5.58 Å². The Balaban J connectivity index is 1.24. The molecule has 4 heterocycles. The Morgan fingerprint density at radius 2 is 1.84 bits per heavy atom. The molecule has 3 fully saturated rings. The van der Waals surface area contributed by atoms with Crippen LogP contribution in [0.3, 0.4) is 0 Å². The van der Waals surface area contributed by atoms with Crippen LogP contribution in [-0.4, -0.2) is 60.6 Å². The Bertz CT molecular complexity index is 1120. The van der Waals surface area contributed by atoms with Crippen molar-refractivity contribution < 1.29 is 17.6 Å². The lowest BCUT2D eigenvalue weighted by molar-refractivity contribution is 0.0909. The highest BCUT2D eigenvalue weighted by molar-refractivity contribution is 7.89. The highest BCUT2D eigenvalue weighted by Crippen LogP contribution is 2.39. The van der Waals surface area contributed by atoms with Gasteiger partial charge in [0.1, 0.15) is 0 Å². The van der Waals surface area contributed by atoms with Crippen LogP contribution in [0.5, 0.6) is 0 Å². The van der Waals surface area contributed by atoms with Crippen molar-refractivity contribution in [2.24, 2.45) is 5.92 Å². The molecular weight excluding hydrogens is 420 g/mol. The molecule has 2 aromatic rings. The minimum absolute atomic E-state index is 0.0408. The molecule has 31 heavy (non-hydrogen) atoms. The largest absolute Gasteiger partial charge is 0.417 e. The number of fused-ring (bicyclic) bond motifs is 3. The maximum absolute atomic E-state index is 13.2. The highest BCUT2D eigenvalue weighted by atomic mass is 32.2. The number of piperidine rings is 2. The number of amides is 1. The lowest BCUT2D eigenvalue weighted by Gasteiger charge is -2.39. The molecule has 0 spiro atoms. The fourth-order valence-corrected chi connectivity index (χ4v) is 7.89. The third-order valence-electron chi connectivity index (χ3n) is 6.91. The second-order valence-corrected chi connectivity index (χ2v) is 11.0. The van der Waals surface area contributed by atoms with Crippen molar-refractivity contribution in [2.75, 3.05) is 18.8 Å². The average Bonchev–Trinajstić information content (AvgIpc) is 3.24. The molecule has 3 saturated heterocycles. The molecular formula is C21H28N4O5S. The highest BCUT2D eigenvalue weighted by Gasteiger charge is 2.47. The Morgan fingerprint density at radius 1 is 1.13 bits per heavy atom. The molecule has 2 unspecified atom stereocenters. The van der Waals surface area contributed by atoms with Gasteiger partial charge in [-0.2, -0.15) is 4.31 Å². The quantitative estimate of drug-likeness (QED) is 0.631. The monoisotopic (exact) mass is 448 g/mol. The summed E-state index contributed by atoms with van der Waals surface area (Å²) in [5, 5.41) is 6.35. The van der Waals surface area contributed by atoms with Crippen LogP contribution < -0.4 is 16.4 Å². The molecule has 3 aliphatic rings. The standard InChI is InChI=1S/C21H28N4O5S/c26-20(14-1-4-18-19(9-14)30-21(27)24-18)23-15-10-16-2-3-17(11-15)25(16)31(28,29)12-13-5-7-22-8-6-13/h1,4,9,13,15-17,22H,2-3,5-8,10-12H2,(H,23,26)(H,24,27)/t15?,16-,17?/m1/s1. The Labute approximate surface area is 180 Å². The predicted octanol–water partition coefficient (Wildman–Crippen LogP) is 1.18. The zero-order valence-electron chi connectivity index (χ0n) is 17.3. The summed E-state index contributed by atoms with van der Waals surface area (Å²) in [5.41, 5.74) is 1.31. The summed E-state index contributed by atoms with van der Waals surface area (Å²) in [6.07, 6.45) is 4.79. The number of aromatic nitrogens is 1. The van der Waals surface area contributed by atoms with Crippen molar-refractivity contribution in [3.05, 3.63) is 34.3 Å². The minimum atomic E-state index is -3.30.